The smallest absolute Gasteiger partial charge is 0.321 e. The normalized spacial score (nSPS) is 23.3. The predicted octanol–water partition coefficient (Wildman–Crippen LogP) is 1.76. The number of carboxylic acids is 1. The van der Waals surface area contributed by atoms with E-state index in [2.05, 4.69) is 5.32 Å². The van der Waals surface area contributed by atoms with Crippen LogP contribution in [0.15, 0.2) is 42.5 Å². The second kappa shape index (κ2) is 7.84. The maximum absolute atomic E-state index is 14.7. The monoisotopic (exact) mass is 460 g/mol. The van der Waals surface area contributed by atoms with Gasteiger partial charge in [-0.15, -0.1) is 0 Å². The molecule has 2 aromatic carbocycles. The first-order valence-electron chi connectivity index (χ1n) is 10.6. The van der Waals surface area contributed by atoms with Crippen molar-refractivity contribution in [1.82, 2.24) is 10.2 Å². The van der Waals surface area contributed by atoms with Gasteiger partial charge in [0.25, 0.3) is 11.8 Å². The van der Waals surface area contributed by atoms with Gasteiger partial charge in [-0.2, -0.15) is 8.78 Å². The quantitative estimate of drug-likeness (QED) is 0.624. The molecule has 0 saturated carbocycles. The van der Waals surface area contributed by atoms with Crippen LogP contribution in [-0.4, -0.2) is 71.3 Å². The van der Waals surface area contributed by atoms with E-state index in [4.69, 9.17) is 9.47 Å². The molecular formula is C23H22F2N2O6. The molecule has 0 aromatic heterocycles. The zero-order chi connectivity index (χ0) is 23.4. The second-order valence-corrected chi connectivity index (χ2v) is 8.41. The van der Waals surface area contributed by atoms with Crippen LogP contribution in [0.3, 0.4) is 0 Å². The number of hydrogen-bond acceptors (Lipinski definition) is 6. The van der Waals surface area contributed by atoms with Gasteiger partial charge >= 0.3 is 5.97 Å². The highest BCUT2D eigenvalue weighted by molar-refractivity contribution is 5.96. The lowest BCUT2D eigenvalue weighted by Gasteiger charge is -2.27. The van der Waals surface area contributed by atoms with Crippen molar-refractivity contribution in [2.45, 2.75) is 30.4 Å². The highest BCUT2D eigenvalue weighted by Crippen LogP contribution is 2.50. The zero-order valence-electron chi connectivity index (χ0n) is 17.5. The molecule has 8 nitrogen and oxygen atoms in total. The summed E-state index contributed by atoms with van der Waals surface area (Å²) in [5.74, 6) is -5.92. The Hall–Kier alpha value is -2.92. The third-order valence-electron chi connectivity index (χ3n) is 6.43. The van der Waals surface area contributed by atoms with Crippen LogP contribution in [0.4, 0.5) is 8.78 Å². The summed E-state index contributed by atoms with van der Waals surface area (Å²) >= 11 is 0. The summed E-state index contributed by atoms with van der Waals surface area (Å²) in [6.07, 6.45) is -1.24. The van der Waals surface area contributed by atoms with E-state index in [1.807, 2.05) is 0 Å². The zero-order valence-corrected chi connectivity index (χ0v) is 17.5. The topological polar surface area (TPSA) is 108 Å². The summed E-state index contributed by atoms with van der Waals surface area (Å²) < 4.78 is 40.5. The summed E-state index contributed by atoms with van der Waals surface area (Å²) in [7, 11) is 0. The maximum atomic E-state index is 14.7. The third kappa shape index (κ3) is 3.59. The molecule has 1 spiro atoms. The lowest BCUT2D eigenvalue weighted by atomic mass is 10.0. The lowest BCUT2D eigenvalue weighted by molar-refractivity contribution is -0.152. The number of aliphatic hydroxyl groups is 1. The van der Waals surface area contributed by atoms with Gasteiger partial charge in [-0.25, -0.2) is 0 Å². The van der Waals surface area contributed by atoms with Crippen molar-refractivity contribution < 1.29 is 38.1 Å². The van der Waals surface area contributed by atoms with Crippen molar-refractivity contribution >= 4 is 11.9 Å². The fourth-order valence-corrected chi connectivity index (χ4v) is 4.84. The Kier molecular flexibility index (Phi) is 5.20. The van der Waals surface area contributed by atoms with Crippen molar-refractivity contribution in [2.75, 3.05) is 26.3 Å². The maximum Gasteiger partial charge on any atom is 0.321 e. The summed E-state index contributed by atoms with van der Waals surface area (Å²) in [6.45, 7) is 0.468. The van der Waals surface area contributed by atoms with Gasteiger partial charge in [-0.1, -0.05) is 30.3 Å². The molecule has 2 atom stereocenters. The molecule has 2 aliphatic heterocycles. The molecule has 2 heterocycles. The van der Waals surface area contributed by atoms with Crippen LogP contribution < -0.4 is 5.32 Å². The molecule has 2 aromatic rings. The van der Waals surface area contributed by atoms with Gasteiger partial charge in [0.15, 0.2) is 5.79 Å². The van der Waals surface area contributed by atoms with Crippen LogP contribution in [0.5, 0.6) is 0 Å². The molecule has 1 unspecified atom stereocenters. The number of aliphatic hydroxyl groups excluding tert-OH is 1. The molecule has 174 valence electrons. The van der Waals surface area contributed by atoms with Crippen molar-refractivity contribution in [1.29, 1.82) is 0 Å². The Balaban J connectivity index is 1.30. The van der Waals surface area contributed by atoms with E-state index < -0.39 is 35.9 Å². The van der Waals surface area contributed by atoms with Gasteiger partial charge in [0.1, 0.15) is 12.3 Å². The van der Waals surface area contributed by atoms with Crippen LogP contribution in [0, 0.1) is 0 Å². The van der Waals surface area contributed by atoms with Crippen molar-refractivity contribution in [3.8, 4) is 11.1 Å². The Bertz CT molecular complexity index is 1120. The highest BCUT2D eigenvalue weighted by Gasteiger charge is 2.52. The molecule has 5 rings (SSSR count). The van der Waals surface area contributed by atoms with Crippen LogP contribution in [-0.2, 0) is 20.2 Å². The third-order valence-corrected chi connectivity index (χ3v) is 6.43. The van der Waals surface area contributed by atoms with E-state index in [1.54, 1.807) is 18.2 Å². The first-order chi connectivity index (χ1) is 15.7. The summed E-state index contributed by atoms with van der Waals surface area (Å²) in [6, 6.07) is 9.07. The second-order valence-electron chi connectivity index (χ2n) is 8.41. The van der Waals surface area contributed by atoms with Crippen LogP contribution in [0.1, 0.15) is 27.9 Å². The number of carboxylic acid groups (broad SMARTS) is 1. The minimum atomic E-state index is -3.14. The number of aliphatic carboxylic acids is 1. The minimum Gasteiger partial charge on any atom is -0.480 e. The molecule has 3 N–H and O–H groups in total. The molecule has 10 heteroatoms. The minimum absolute atomic E-state index is 0.0473. The molecule has 2 fully saturated rings. The molecule has 0 radical (unpaired) electrons. The molecule has 0 bridgehead atoms. The number of fused-ring (bicyclic) bond motifs is 3. The van der Waals surface area contributed by atoms with Crippen molar-refractivity contribution in [3.63, 3.8) is 0 Å². The van der Waals surface area contributed by atoms with E-state index in [9.17, 15) is 28.6 Å². The van der Waals surface area contributed by atoms with E-state index in [0.29, 0.717) is 18.8 Å². The Morgan fingerprint density at radius 2 is 1.82 bits per heavy atom. The molecule has 1 amide bonds. The van der Waals surface area contributed by atoms with Crippen LogP contribution >= 0.6 is 0 Å². The van der Waals surface area contributed by atoms with E-state index >= 15 is 0 Å². The van der Waals surface area contributed by atoms with Gasteiger partial charge in [-0.3, -0.25) is 14.5 Å². The number of carbonyl (C=O) groups excluding carboxylic acids is 1. The number of nitrogens with one attached hydrogen (secondary N) is 1. The summed E-state index contributed by atoms with van der Waals surface area (Å²) in [5.41, 5.74) is 0.543. The Morgan fingerprint density at radius 1 is 1.12 bits per heavy atom. The van der Waals surface area contributed by atoms with E-state index in [0.717, 1.165) is 0 Å². The molecule has 3 aliphatic rings. The molecular weight excluding hydrogens is 438 g/mol. The van der Waals surface area contributed by atoms with Crippen molar-refractivity contribution in [3.05, 3.63) is 59.2 Å². The number of nitrogens with zero attached hydrogens (tertiary/aromatic N) is 1. The van der Waals surface area contributed by atoms with Gasteiger partial charge in [0.2, 0.25) is 0 Å². The number of alkyl halides is 2. The molecule has 33 heavy (non-hydrogen) atoms. The number of amides is 1. The summed E-state index contributed by atoms with van der Waals surface area (Å²) in [4.78, 5) is 25.7. The number of carbonyl (C=O) groups is 2. The number of likely N-dealkylation sites (tertiary alicyclic amines) is 1. The van der Waals surface area contributed by atoms with Gasteiger partial charge < -0.3 is 25.0 Å². The Labute approximate surface area is 187 Å². The number of hydrogen-bond donors (Lipinski definition) is 3. The molecule has 1 aliphatic carbocycles. The standard InChI is InChI=1S/C23H22F2N2O6/c24-23(25)16-4-2-1-3-14(16)15-9-13(5-6-17(15)23)20(29)26-11-19(28)27-12-22(32-7-8-33-22)10-18(27)21(30)31/h1-6,9,18-19,28H,7-8,10-12H2,(H,26,29)(H,30,31)/t18-,19?/m0/s1. The summed E-state index contributed by atoms with van der Waals surface area (Å²) in [5, 5.41) is 22.7. The van der Waals surface area contributed by atoms with Crippen molar-refractivity contribution in [2.24, 2.45) is 0 Å². The van der Waals surface area contributed by atoms with Gasteiger partial charge in [-0.05, 0) is 23.3 Å². The van der Waals surface area contributed by atoms with E-state index in [1.165, 1.54) is 29.2 Å². The lowest BCUT2D eigenvalue weighted by Crippen LogP contribution is -2.49. The highest BCUT2D eigenvalue weighted by atomic mass is 19.3. The van der Waals surface area contributed by atoms with Gasteiger partial charge in [0.05, 0.1) is 26.3 Å². The fraction of sp³-hybridized carbons (Fsp3) is 0.391. The van der Waals surface area contributed by atoms with Crippen LogP contribution in [0.2, 0.25) is 0 Å². The Morgan fingerprint density at radius 3 is 2.55 bits per heavy atom. The average molecular weight is 460 g/mol. The first kappa shape index (κ1) is 21.9. The first-order valence-corrected chi connectivity index (χ1v) is 10.6. The van der Waals surface area contributed by atoms with Gasteiger partial charge in [0, 0.05) is 23.1 Å². The number of halogens is 2. The SMILES string of the molecule is O=C(NCC(O)N1CC2(C[C@H]1C(=O)O)OCCO2)c1ccc2c(c1)-c1ccccc1C2(F)F. The number of benzene rings is 2. The predicted molar refractivity (Wildman–Crippen MR) is 111 cm³/mol. The van der Waals surface area contributed by atoms with E-state index in [-0.39, 0.29) is 41.8 Å². The van der Waals surface area contributed by atoms with Crippen LogP contribution in [0.25, 0.3) is 11.1 Å². The fourth-order valence-electron chi connectivity index (χ4n) is 4.84. The molecule has 2 saturated heterocycles. The number of ether oxygens (including phenoxy) is 2. The number of rotatable bonds is 5. The average Bonchev–Trinajstić information content (AvgIpc) is 3.49. The largest absolute Gasteiger partial charge is 0.480 e.